The summed E-state index contributed by atoms with van der Waals surface area (Å²) in [7, 11) is 0. The molecule has 2 aromatic carbocycles. The van der Waals surface area contributed by atoms with E-state index in [1.54, 1.807) is 12.1 Å². The van der Waals surface area contributed by atoms with Crippen LogP contribution in [0.15, 0.2) is 36.4 Å². The van der Waals surface area contributed by atoms with Gasteiger partial charge in [-0.15, -0.1) is 0 Å². The number of halogens is 4. The van der Waals surface area contributed by atoms with Crippen molar-refractivity contribution in [2.45, 2.75) is 6.54 Å². The van der Waals surface area contributed by atoms with Crippen molar-refractivity contribution >= 4 is 40.5 Å². The van der Waals surface area contributed by atoms with E-state index in [-0.39, 0.29) is 5.82 Å². The summed E-state index contributed by atoms with van der Waals surface area (Å²) >= 11 is 17.9. The fourth-order valence-electron chi connectivity index (χ4n) is 1.51. The molecule has 0 atom stereocenters. The maximum absolute atomic E-state index is 12.9. The molecule has 2 rings (SSSR count). The molecule has 2 aromatic rings. The first kappa shape index (κ1) is 13.5. The van der Waals surface area contributed by atoms with E-state index in [4.69, 9.17) is 34.8 Å². The Morgan fingerprint density at radius 1 is 1.00 bits per heavy atom. The van der Waals surface area contributed by atoms with Crippen molar-refractivity contribution in [1.82, 2.24) is 0 Å². The quantitative estimate of drug-likeness (QED) is 0.800. The molecule has 1 nitrogen and oxygen atoms in total. The largest absolute Gasteiger partial charge is 0.380 e. The second-order valence-corrected chi connectivity index (χ2v) is 4.88. The molecule has 0 aliphatic heterocycles. The molecule has 0 saturated carbocycles. The van der Waals surface area contributed by atoms with E-state index in [0.717, 1.165) is 5.56 Å². The standard InChI is InChI=1S/C13H9Cl3FN/c14-10-3-1-2-8(13(10)16)7-18-12-5-4-9(17)6-11(12)15/h1-6,18H,7H2. The molecule has 0 heterocycles. The van der Waals surface area contributed by atoms with Gasteiger partial charge in [0.15, 0.2) is 0 Å². The van der Waals surface area contributed by atoms with Gasteiger partial charge in [0.25, 0.3) is 0 Å². The monoisotopic (exact) mass is 303 g/mol. The lowest BCUT2D eigenvalue weighted by atomic mass is 10.2. The van der Waals surface area contributed by atoms with Crippen molar-refractivity contribution < 1.29 is 4.39 Å². The molecule has 5 heteroatoms. The summed E-state index contributed by atoms with van der Waals surface area (Å²) in [6.45, 7) is 0.463. The van der Waals surface area contributed by atoms with Crippen LogP contribution in [0.5, 0.6) is 0 Å². The molecule has 0 saturated heterocycles. The van der Waals surface area contributed by atoms with E-state index in [2.05, 4.69) is 5.32 Å². The Labute approximate surface area is 119 Å². The number of benzene rings is 2. The van der Waals surface area contributed by atoms with Crippen molar-refractivity contribution in [2.24, 2.45) is 0 Å². The van der Waals surface area contributed by atoms with Gasteiger partial charge in [-0.1, -0.05) is 46.9 Å². The molecule has 94 valence electrons. The van der Waals surface area contributed by atoms with Crippen LogP contribution < -0.4 is 5.32 Å². The molecular weight excluding hydrogens is 296 g/mol. The van der Waals surface area contributed by atoms with E-state index < -0.39 is 0 Å². The molecule has 0 fully saturated rings. The molecule has 0 spiro atoms. The number of anilines is 1. The van der Waals surface area contributed by atoms with E-state index in [9.17, 15) is 4.39 Å². The number of nitrogens with one attached hydrogen (secondary N) is 1. The third-order valence-corrected chi connectivity index (χ3v) is 3.60. The molecule has 0 radical (unpaired) electrons. The van der Waals surface area contributed by atoms with Gasteiger partial charge < -0.3 is 5.32 Å². The van der Waals surface area contributed by atoms with Gasteiger partial charge in [0.2, 0.25) is 0 Å². The number of hydrogen-bond acceptors (Lipinski definition) is 1. The Bertz CT molecular complexity index is 572. The smallest absolute Gasteiger partial charge is 0.124 e. The molecule has 0 unspecified atom stereocenters. The van der Waals surface area contributed by atoms with Gasteiger partial charge >= 0.3 is 0 Å². The minimum absolute atomic E-state index is 0.327. The lowest BCUT2D eigenvalue weighted by Gasteiger charge is -2.10. The van der Waals surface area contributed by atoms with Crippen molar-refractivity contribution in [3.63, 3.8) is 0 Å². The number of rotatable bonds is 3. The Morgan fingerprint density at radius 2 is 1.78 bits per heavy atom. The Morgan fingerprint density at radius 3 is 2.50 bits per heavy atom. The first-order chi connectivity index (χ1) is 8.58. The summed E-state index contributed by atoms with van der Waals surface area (Å²) in [4.78, 5) is 0. The third kappa shape index (κ3) is 3.08. The van der Waals surface area contributed by atoms with Gasteiger partial charge in [0, 0.05) is 6.54 Å². The average molecular weight is 305 g/mol. The second-order valence-electron chi connectivity index (χ2n) is 3.69. The summed E-state index contributed by atoms with van der Waals surface area (Å²) in [5.74, 6) is -0.369. The van der Waals surface area contributed by atoms with Crippen molar-refractivity contribution in [3.8, 4) is 0 Å². The highest BCUT2D eigenvalue weighted by Gasteiger charge is 2.06. The van der Waals surface area contributed by atoms with Crippen LogP contribution in [0, 0.1) is 5.82 Å². The topological polar surface area (TPSA) is 12.0 Å². The molecule has 0 bridgehead atoms. The van der Waals surface area contributed by atoms with Gasteiger partial charge in [-0.25, -0.2) is 4.39 Å². The highest BCUT2D eigenvalue weighted by Crippen LogP contribution is 2.27. The van der Waals surface area contributed by atoms with Gasteiger partial charge in [0.1, 0.15) is 5.82 Å². The fourth-order valence-corrected chi connectivity index (χ4v) is 2.13. The van der Waals surface area contributed by atoms with Crippen LogP contribution >= 0.6 is 34.8 Å². The van der Waals surface area contributed by atoms with Crippen LogP contribution in [-0.4, -0.2) is 0 Å². The summed E-state index contributed by atoms with van der Waals surface area (Å²) in [6.07, 6.45) is 0. The maximum Gasteiger partial charge on any atom is 0.124 e. The third-order valence-electron chi connectivity index (χ3n) is 2.43. The van der Waals surface area contributed by atoms with Gasteiger partial charge in [0.05, 0.1) is 20.8 Å². The normalized spacial score (nSPS) is 10.4. The Hall–Kier alpha value is -0.960. The summed E-state index contributed by atoms with van der Waals surface area (Å²) in [6, 6.07) is 9.57. The molecular formula is C13H9Cl3FN. The zero-order valence-electron chi connectivity index (χ0n) is 9.18. The Balaban J connectivity index is 2.14. The lowest BCUT2D eigenvalue weighted by Crippen LogP contribution is -2.01. The van der Waals surface area contributed by atoms with E-state index >= 15 is 0 Å². The van der Waals surface area contributed by atoms with E-state index in [1.807, 2.05) is 12.1 Å². The first-order valence-electron chi connectivity index (χ1n) is 5.20. The van der Waals surface area contributed by atoms with E-state index in [1.165, 1.54) is 12.1 Å². The molecule has 1 N–H and O–H groups in total. The predicted molar refractivity (Wildman–Crippen MR) is 75.2 cm³/mol. The van der Waals surface area contributed by atoms with Crippen LogP contribution in [0.4, 0.5) is 10.1 Å². The average Bonchev–Trinajstić information content (AvgIpc) is 2.33. The molecule has 0 aliphatic rings. The minimum Gasteiger partial charge on any atom is -0.380 e. The predicted octanol–water partition coefficient (Wildman–Crippen LogP) is 5.40. The highest BCUT2D eigenvalue weighted by molar-refractivity contribution is 6.42. The van der Waals surface area contributed by atoms with Gasteiger partial charge in [-0.05, 0) is 29.8 Å². The molecule has 18 heavy (non-hydrogen) atoms. The SMILES string of the molecule is Fc1ccc(NCc2cccc(Cl)c2Cl)c(Cl)c1. The molecule has 0 aromatic heterocycles. The van der Waals surface area contributed by atoms with Crippen LogP contribution in [0.25, 0.3) is 0 Å². The zero-order chi connectivity index (χ0) is 13.1. The summed E-state index contributed by atoms with van der Waals surface area (Å²) < 4.78 is 12.9. The van der Waals surface area contributed by atoms with Crippen molar-refractivity contribution in [1.29, 1.82) is 0 Å². The van der Waals surface area contributed by atoms with Crippen LogP contribution in [-0.2, 0) is 6.54 Å². The Kier molecular flexibility index (Phi) is 4.33. The summed E-state index contributed by atoms with van der Waals surface area (Å²) in [5, 5.41) is 4.42. The van der Waals surface area contributed by atoms with Gasteiger partial charge in [-0.3, -0.25) is 0 Å². The fraction of sp³-hybridized carbons (Fsp3) is 0.0769. The zero-order valence-corrected chi connectivity index (χ0v) is 11.5. The summed E-state index contributed by atoms with van der Waals surface area (Å²) in [5.41, 5.74) is 1.50. The lowest BCUT2D eigenvalue weighted by molar-refractivity contribution is 0.628. The minimum atomic E-state index is -0.369. The molecule has 0 aliphatic carbocycles. The first-order valence-corrected chi connectivity index (χ1v) is 6.33. The van der Waals surface area contributed by atoms with Crippen molar-refractivity contribution in [3.05, 3.63) is 62.8 Å². The second kappa shape index (κ2) is 5.79. The van der Waals surface area contributed by atoms with Crippen LogP contribution in [0.2, 0.25) is 15.1 Å². The van der Waals surface area contributed by atoms with Crippen molar-refractivity contribution in [2.75, 3.05) is 5.32 Å². The highest BCUT2D eigenvalue weighted by atomic mass is 35.5. The van der Waals surface area contributed by atoms with Crippen LogP contribution in [0.1, 0.15) is 5.56 Å². The molecule has 0 amide bonds. The van der Waals surface area contributed by atoms with Crippen LogP contribution in [0.3, 0.4) is 0 Å². The van der Waals surface area contributed by atoms with E-state index in [0.29, 0.717) is 27.3 Å². The maximum atomic E-state index is 12.9. The van der Waals surface area contributed by atoms with Gasteiger partial charge in [-0.2, -0.15) is 0 Å². The number of hydrogen-bond donors (Lipinski definition) is 1.